The van der Waals surface area contributed by atoms with Crippen molar-refractivity contribution >= 4 is 19.7 Å². The molecule has 1 rings (SSSR count). The molecule has 150 valence electrons. The number of likely N-dealkylation sites (tertiary alicyclic amines) is 1. The van der Waals surface area contributed by atoms with Crippen LogP contribution in [-0.2, 0) is 19.7 Å². The molecule has 0 atom stereocenters. The van der Waals surface area contributed by atoms with E-state index in [1.54, 1.807) is 0 Å². The summed E-state index contributed by atoms with van der Waals surface area (Å²) in [6.07, 6.45) is 1.24. The molecule has 0 N–H and O–H groups in total. The Kier molecular flexibility index (Phi) is 6.82. The standard InChI is InChI=1S/C12H20F6NO4S2/c13-11(14,15)24(20,21)9-5-4-8-19(6-2-1-3-7-19)10-25(22,23)12(16,17)18/h1-10H2/q+1. The Bertz CT molecular complexity index is 648. The summed E-state index contributed by atoms with van der Waals surface area (Å²) in [7, 11) is -10.7. The van der Waals surface area contributed by atoms with Crippen LogP contribution in [0.1, 0.15) is 32.1 Å². The van der Waals surface area contributed by atoms with Crippen LogP contribution >= 0.6 is 0 Å². The highest BCUT2D eigenvalue weighted by molar-refractivity contribution is 7.92. The third-order valence-electron chi connectivity index (χ3n) is 4.21. The van der Waals surface area contributed by atoms with E-state index in [4.69, 9.17) is 0 Å². The van der Waals surface area contributed by atoms with Crippen LogP contribution in [0.5, 0.6) is 0 Å². The molecule has 0 aromatic heterocycles. The van der Waals surface area contributed by atoms with Crippen molar-refractivity contribution in [3.8, 4) is 0 Å². The minimum atomic E-state index is -5.39. The summed E-state index contributed by atoms with van der Waals surface area (Å²) in [6, 6.07) is 0. The van der Waals surface area contributed by atoms with Gasteiger partial charge >= 0.3 is 11.0 Å². The third kappa shape index (κ3) is 5.98. The van der Waals surface area contributed by atoms with Gasteiger partial charge in [-0.2, -0.15) is 26.3 Å². The Morgan fingerprint density at radius 1 is 0.720 bits per heavy atom. The van der Waals surface area contributed by atoms with Gasteiger partial charge in [-0.05, 0) is 32.1 Å². The summed E-state index contributed by atoms with van der Waals surface area (Å²) in [6.45, 7) is 0.228. The Hall–Kier alpha value is -0.560. The lowest BCUT2D eigenvalue weighted by atomic mass is 10.1. The quantitative estimate of drug-likeness (QED) is 0.361. The Labute approximate surface area is 142 Å². The van der Waals surface area contributed by atoms with Gasteiger partial charge in [-0.15, -0.1) is 0 Å². The first-order valence-electron chi connectivity index (χ1n) is 7.55. The molecule has 1 aliphatic rings. The smallest absolute Gasteiger partial charge is 0.311 e. The van der Waals surface area contributed by atoms with Crippen molar-refractivity contribution in [2.45, 2.75) is 43.1 Å². The molecule has 1 fully saturated rings. The minimum absolute atomic E-state index is 0.108. The fraction of sp³-hybridized carbons (Fsp3) is 1.00. The Morgan fingerprint density at radius 3 is 1.64 bits per heavy atom. The van der Waals surface area contributed by atoms with Crippen LogP contribution in [0.2, 0.25) is 0 Å². The van der Waals surface area contributed by atoms with Gasteiger partial charge in [-0.25, -0.2) is 16.8 Å². The fourth-order valence-electron chi connectivity index (χ4n) is 2.89. The average Bonchev–Trinajstić information content (AvgIpc) is 2.42. The van der Waals surface area contributed by atoms with Crippen molar-refractivity contribution in [2.75, 3.05) is 31.3 Å². The first-order chi connectivity index (χ1) is 11.1. The van der Waals surface area contributed by atoms with Crippen LogP contribution < -0.4 is 0 Å². The van der Waals surface area contributed by atoms with E-state index in [0.717, 1.165) is 6.42 Å². The number of hydrogen-bond donors (Lipinski definition) is 0. The molecule has 0 aromatic carbocycles. The molecule has 13 heteroatoms. The second-order valence-corrected chi connectivity index (χ2v) is 10.3. The van der Waals surface area contributed by atoms with Crippen LogP contribution in [0.15, 0.2) is 0 Å². The van der Waals surface area contributed by atoms with E-state index in [0.29, 0.717) is 12.8 Å². The maximum atomic E-state index is 12.6. The number of halogens is 6. The minimum Gasteiger partial charge on any atom is -0.311 e. The highest BCUT2D eigenvalue weighted by Crippen LogP contribution is 2.30. The normalized spacial score (nSPS) is 19.8. The summed E-state index contributed by atoms with van der Waals surface area (Å²) in [5, 5.41) is 0. The van der Waals surface area contributed by atoms with E-state index >= 15 is 0 Å². The highest BCUT2D eigenvalue weighted by atomic mass is 32.2. The monoisotopic (exact) mass is 420 g/mol. The van der Waals surface area contributed by atoms with Crippen LogP contribution in [0, 0.1) is 0 Å². The molecule has 0 aliphatic carbocycles. The van der Waals surface area contributed by atoms with Crippen molar-refractivity contribution in [3.63, 3.8) is 0 Å². The van der Waals surface area contributed by atoms with E-state index in [1.807, 2.05) is 0 Å². The Morgan fingerprint density at radius 2 is 1.20 bits per heavy atom. The van der Waals surface area contributed by atoms with Crippen molar-refractivity contribution in [2.24, 2.45) is 0 Å². The predicted octanol–water partition coefficient (Wildman–Crippen LogP) is 2.59. The summed E-state index contributed by atoms with van der Waals surface area (Å²) in [4.78, 5) is 0. The van der Waals surface area contributed by atoms with Crippen LogP contribution in [0.3, 0.4) is 0 Å². The molecule has 0 saturated carbocycles. The van der Waals surface area contributed by atoms with Gasteiger partial charge in [0, 0.05) is 0 Å². The number of hydrogen-bond acceptors (Lipinski definition) is 4. The molecule has 1 saturated heterocycles. The van der Waals surface area contributed by atoms with E-state index in [1.165, 1.54) is 0 Å². The predicted molar refractivity (Wildman–Crippen MR) is 77.6 cm³/mol. The molecule has 0 spiro atoms. The van der Waals surface area contributed by atoms with Crippen LogP contribution in [0.4, 0.5) is 26.3 Å². The topological polar surface area (TPSA) is 68.3 Å². The maximum Gasteiger partial charge on any atom is 0.502 e. The summed E-state index contributed by atoms with van der Waals surface area (Å²) in [5.41, 5.74) is -10.8. The molecule has 25 heavy (non-hydrogen) atoms. The maximum absolute atomic E-state index is 12.6. The molecule has 0 amide bonds. The molecular weight excluding hydrogens is 400 g/mol. The van der Waals surface area contributed by atoms with Gasteiger partial charge in [0.2, 0.25) is 9.84 Å². The number of piperidine rings is 1. The van der Waals surface area contributed by atoms with Crippen LogP contribution in [-0.4, -0.2) is 63.6 Å². The number of alkyl halides is 6. The lowest BCUT2D eigenvalue weighted by molar-refractivity contribution is -0.921. The van der Waals surface area contributed by atoms with Gasteiger partial charge in [-0.1, -0.05) is 0 Å². The van der Waals surface area contributed by atoms with Crippen molar-refractivity contribution in [3.05, 3.63) is 0 Å². The number of rotatable bonds is 7. The van der Waals surface area contributed by atoms with Gasteiger partial charge in [0.1, 0.15) is 0 Å². The summed E-state index contributed by atoms with van der Waals surface area (Å²) < 4.78 is 119. The lowest BCUT2D eigenvalue weighted by Gasteiger charge is -2.41. The summed E-state index contributed by atoms with van der Waals surface area (Å²) in [5.74, 6) is -2.33. The summed E-state index contributed by atoms with van der Waals surface area (Å²) >= 11 is 0. The largest absolute Gasteiger partial charge is 0.502 e. The average molecular weight is 420 g/mol. The second-order valence-electron chi connectivity index (χ2n) is 6.23. The van der Waals surface area contributed by atoms with E-state index in [9.17, 15) is 43.2 Å². The molecular formula is C12H20F6NO4S2+. The molecule has 0 radical (unpaired) electrons. The van der Waals surface area contributed by atoms with Crippen molar-refractivity contribution in [1.82, 2.24) is 0 Å². The molecule has 0 unspecified atom stereocenters. The third-order valence-corrected chi connectivity index (χ3v) is 7.33. The molecule has 0 bridgehead atoms. The lowest BCUT2D eigenvalue weighted by Crippen LogP contribution is -2.56. The fourth-order valence-corrected chi connectivity index (χ4v) is 4.96. The number of quaternary nitrogens is 1. The van der Waals surface area contributed by atoms with Crippen molar-refractivity contribution in [1.29, 1.82) is 0 Å². The zero-order valence-electron chi connectivity index (χ0n) is 13.2. The van der Waals surface area contributed by atoms with Gasteiger partial charge < -0.3 is 4.48 Å². The molecule has 1 heterocycles. The zero-order chi connectivity index (χ0) is 19.6. The zero-order valence-corrected chi connectivity index (χ0v) is 14.9. The first kappa shape index (κ1) is 22.5. The SMILES string of the molecule is O=S(=O)(CCCC[N+]1(CS(=O)(=O)C(F)(F)F)CCCCC1)C(F)(F)F. The Balaban J connectivity index is 2.75. The molecule has 1 aliphatic heterocycles. The van der Waals surface area contributed by atoms with Gasteiger partial charge in [0.05, 0.1) is 25.4 Å². The number of unbranched alkanes of at least 4 members (excludes halogenated alkanes) is 1. The van der Waals surface area contributed by atoms with E-state index < -0.39 is 53.2 Å². The van der Waals surface area contributed by atoms with Gasteiger partial charge in [0.25, 0.3) is 9.84 Å². The van der Waals surface area contributed by atoms with Gasteiger partial charge in [-0.3, -0.25) is 0 Å². The van der Waals surface area contributed by atoms with Crippen LogP contribution in [0.25, 0.3) is 0 Å². The van der Waals surface area contributed by atoms with Gasteiger partial charge in [0.15, 0.2) is 5.88 Å². The highest BCUT2D eigenvalue weighted by Gasteiger charge is 2.51. The number of sulfone groups is 2. The number of nitrogens with zero attached hydrogens (tertiary/aromatic N) is 1. The first-order valence-corrected chi connectivity index (χ1v) is 10.9. The van der Waals surface area contributed by atoms with Crippen molar-refractivity contribution < 1.29 is 47.7 Å². The molecule has 5 nitrogen and oxygen atoms in total. The van der Waals surface area contributed by atoms with E-state index in [-0.39, 0.29) is 26.1 Å². The second kappa shape index (κ2) is 7.59. The molecule has 0 aromatic rings. The van der Waals surface area contributed by atoms with E-state index in [2.05, 4.69) is 0 Å².